The Morgan fingerprint density at radius 2 is 2.11 bits per heavy atom. The van der Waals surface area contributed by atoms with Gasteiger partial charge in [0.15, 0.2) is 9.84 Å². The van der Waals surface area contributed by atoms with E-state index in [-0.39, 0.29) is 23.7 Å². The van der Waals surface area contributed by atoms with Gasteiger partial charge in [0.1, 0.15) is 5.75 Å². The van der Waals surface area contributed by atoms with E-state index in [9.17, 15) is 17.2 Å². The quantitative estimate of drug-likeness (QED) is 0.814. The number of halogens is 3. The predicted molar refractivity (Wildman–Crippen MR) is 70.4 cm³/mol. The highest BCUT2D eigenvalue weighted by Crippen LogP contribution is 2.48. The van der Waals surface area contributed by atoms with Crippen LogP contribution in [0.4, 0.5) is 8.78 Å². The summed E-state index contributed by atoms with van der Waals surface area (Å²) in [6, 6.07) is 4.33. The van der Waals surface area contributed by atoms with Crippen molar-refractivity contribution in [1.82, 2.24) is 0 Å². The Balaban J connectivity index is 2.08. The predicted octanol–water partition coefficient (Wildman–Crippen LogP) is 3.28. The number of ether oxygens (including phenoxy) is 1. The zero-order valence-corrected chi connectivity index (χ0v) is 12.6. The third kappa shape index (κ3) is 3.25. The zero-order chi connectivity index (χ0) is 14.3. The van der Waals surface area contributed by atoms with E-state index < -0.39 is 21.7 Å². The lowest BCUT2D eigenvalue weighted by atomic mass is 10.3. The number of benzene rings is 1. The second-order valence-corrected chi connectivity index (χ2v) is 7.60. The fourth-order valence-corrected chi connectivity index (χ4v) is 3.15. The Labute approximate surface area is 119 Å². The SMILES string of the molecule is CCS(=O)(=O)c1ccc(OCC2CC2(F)F)c(Br)c1. The van der Waals surface area contributed by atoms with Crippen molar-refractivity contribution in [3.63, 3.8) is 0 Å². The Hall–Kier alpha value is -0.690. The molecule has 19 heavy (non-hydrogen) atoms. The van der Waals surface area contributed by atoms with Gasteiger partial charge in [-0.2, -0.15) is 0 Å². The van der Waals surface area contributed by atoms with E-state index in [1.807, 2.05) is 0 Å². The summed E-state index contributed by atoms with van der Waals surface area (Å²) in [7, 11) is -3.28. The maximum atomic E-state index is 12.7. The molecular weight excluding hydrogens is 342 g/mol. The molecule has 0 amide bonds. The van der Waals surface area contributed by atoms with Gasteiger partial charge in [0, 0.05) is 6.42 Å². The maximum absolute atomic E-state index is 12.7. The molecule has 0 aromatic heterocycles. The standard InChI is InChI=1S/C12H13BrF2O3S/c1-2-19(16,17)9-3-4-11(10(13)5-9)18-7-8-6-12(8,14)15/h3-5,8H,2,6-7H2,1H3. The minimum Gasteiger partial charge on any atom is -0.492 e. The highest BCUT2D eigenvalue weighted by Gasteiger charge is 2.57. The molecule has 0 bridgehead atoms. The largest absolute Gasteiger partial charge is 0.492 e. The van der Waals surface area contributed by atoms with Gasteiger partial charge in [-0.25, -0.2) is 17.2 Å². The molecule has 1 fully saturated rings. The molecular formula is C12H13BrF2O3S. The Morgan fingerprint density at radius 3 is 2.58 bits per heavy atom. The van der Waals surface area contributed by atoms with Gasteiger partial charge < -0.3 is 4.74 Å². The average Bonchev–Trinajstić information content (AvgIpc) is 2.95. The monoisotopic (exact) mass is 354 g/mol. The molecule has 106 valence electrons. The molecule has 1 aromatic carbocycles. The van der Waals surface area contributed by atoms with Crippen LogP contribution < -0.4 is 4.74 Å². The minimum atomic E-state index is -3.28. The van der Waals surface area contributed by atoms with Crippen LogP contribution in [0.2, 0.25) is 0 Å². The van der Waals surface area contributed by atoms with Crippen molar-refractivity contribution < 1.29 is 21.9 Å². The van der Waals surface area contributed by atoms with Gasteiger partial charge in [0.25, 0.3) is 5.92 Å². The number of alkyl halides is 2. The van der Waals surface area contributed by atoms with Crippen molar-refractivity contribution in [3.8, 4) is 5.75 Å². The van der Waals surface area contributed by atoms with Crippen LogP contribution in [-0.2, 0) is 9.84 Å². The molecule has 2 rings (SSSR count). The summed E-state index contributed by atoms with van der Waals surface area (Å²) < 4.78 is 54.4. The molecule has 0 saturated heterocycles. The third-order valence-corrected chi connectivity index (χ3v) is 5.39. The third-order valence-electron chi connectivity index (χ3n) is 3.04. The molecule has 0 N–H and O–H groups in total. The second-order valence-electron chi connectivity index (χ2n) is 4.47. The Kier molecular flexibility index (Phi) is 3.88. The van der Waals surface area contributed by atoms with Crippen LogP contribution in [0.15, 0.2) is 27.6 Å². The lowest BCUT2D eigenvalue weighted by molar-refractivity contribution is 0.0855. The molecule has 1 aromatic rings. The van der Waals surface area contributed by atoms with E-state index >= 15 is 0 Å². The average molecular weight is 355 g/mol. The Bertz CT molecular complexity index is 587. The fraction of sp³-hybridized carbons (Fsp3) is 0.500. The van der Waals surface area contributed by atoms with Gasteiger partial charge in [-0.15, -0.1) is 0 Å². The summed E-state index contributed by atoms with van der Waals surface area (Å²) in [6.07, 6.45) is -0.146. The van der Waals surface area contributed by atoms with Gasteiger partial charge >= 0.3 is 0 Å². The lowest BCUT2D eigenvalue weighted by Crippen LogP contribution is -2.07. The molecule has 0 spiro atoms. The summed E-state index contributed by atoms with van der Waals surface area (Å²) >= 11 is 3.19. The van der Waals surface area contributed by atoms with Crippen molar-refractivity contribution in [2.24, 2.45) is 5.92 Å². The molecule has 1 aliphatic carbocycles. The van der Waals surface area contributed by atoms with Crippen LogP contribution in [0.1, 0.15) is 13.3 Å². The molecule has 0 radical (unpaired) electrons. The highest BCUT2D eigenvalue weighted by molar-refractivity contribution is 9.10. The van der Waals surface area contributed by atoms with E-state index in [1.54, 1.807) is 6.92 Å². The van der Waals surface area contributed by atoms with E-state index in [2.05, 4.69) is 15.9 Å². The van der Waals surface area contributed by atoms with Crippen LogP contribution in [0.25, 0.3) is 0 Å². The van der Waals surface area contributed by atoms with Gasteiger partial charge in [0.2, 0.25) is 0 Å². The van der Waals surface area contributed by atoms with Crippen LogP contribution in [-0.4, -0.2) is 26.7 Å². The van der Waals surface area contributed by atoms with Crippen molar-refractivity contribution in [3.05, 3.63) is 22.7 Å². The minimum absolute atomic E-state index is 0.00788. The summed E-state index contributed by atoms with van der Waals surface area (Å²) in [4.78, 5) is 0.186. The van der Waals surface area contributed by atoms with Crippen LogP contribution in [0, 0.1) is 5.92 Å². The van der Waals surface area contributed by atoms with Gasteiger partial charge in [-0.05, 0) is 34.1 Å². The zero-order valence-electron chi connectivity index (χ0n) is 10.2. The maximum Gasteiger partial charge on any atom is 0.255 e. The van der Waals surface area contributed by atoms with E-state index in [0.29, 0.717) is 10.2 Å². The van der Waals surface area contributed by atoms with E-state index in [4.69, 9.17) is 4.74 Å². The van der Waals surface area contributed by atoms with Gasteiger partial charge in [-0.1, -0.05) is 6.92 Å². The normalized spacial score (nSPS) is 21.2. The molecule has 1 atom stereocenters. The first-order chi connectivity index (χ1) is 8.76. The molecule has 1 unspecified atom stereocenters. The van der Waals surface area contributed by atoms with Crippen molar-refractivity contribution in [1.29, 1.82) is 0 Å². The molecule has 7 heteroatoms. The molecule has 3 nitrogen and oxygen atoms in total. The van der Waals surface area contributed by atoms with Crippen LogP contribution in [0.3, 0.4) is 0 Å². The molecule has 0 aliphatic heterocycles. The summed E-state index contributed by atoms with van der Waals surface area (Å²) in [5.74, 6) is -2.97. The van der Waals surface area contributed by atoms with Crippen molar-refractivity contribution in [2.75, 3.05) is 12.4 Å². The highest BCUT2D eigenvalue weighted by atomic mass is 79.9. The topological polar surface area (TPSA) is 43.4 Å². The summed E-state index contributed by atoms with van der Waals surface area (Å²) in [6.45, 7) is 1.49. The molecule has 0 heterocycles. The number of hydrogen-bond donors (Lipinski definition) is 0. The molecule has 1 aliphatic rings. The van der Waals surface area contributed by atoms with E-state index in [1.165, 1.54) is 18.2 Å². The number of rotatable bonds is 5. The van der Waals surface area contributed by atoms with E-state index in [0.717, 1.165) is 0 Å². The lowest BCUT2D eigenvalue weighted by Gasteiger charge is -2.09. The number of hydrogen-bond acceptors (Lipinski definition) is 3. The Morgan fingerprint density at radius 1 is 1.47 bits per heavy atom. The van der Waals surface area contributed by atoms with Crippen molar-refractivity contribution >= 4 is 25.8 Å². The number of sulfone groups is 1. The van der Waals surface area contributed by atoms with Crippen LogP contribution in [0.5, 0.6) is 5.75 Å². The van der Waals surface area contributed by atoms with Crippen LogP contribution >= 0.6 is 15.9 Å². The van der Waals surface area contributed by atoms with Gasteiger partial charge in [-0.3, -0.25) is 0 Å². The molecule has 1 saturated carbocycles. The second kappa shape index (κ2) is 5.01. The first kappa shape index (κ1) is 14.7. The van der Waals surface area contributed by atoms with Gasteiger partial charge in [0.05, 0.1) is 27.6 Å². The summed E-state index contributed by atoms with van der Waals surface area (Å²) in [5.41, 5.74) is 0. The first-order valence-electron chi connectivity index (χ1n) is 5.79. The smallest absolute Gasteiger partial charge is 0.255 e. The van der Waals surface area contributed by atoms with Crippen molar-refractivity contribution in [2.45, 2.75) is 24.2 Å². The summed E-state index contributed by atoms with van der Waals surface area (Å²) in [5, 5.41) is 0. The first-order valence-corrected chi connectivity index (χ1v) is 8.24. The fourth-order valence-electron chi connectivity index (χ4n) is 1.60.